The van der Waals surface area contributed by atoms with Crippen molar-refractivity contribution in [1.82, 2.24) is 19.6 Å². The Balaban J connectivity index is 2.00. The van der Waals surface area contributed by atoms with Crippen molar-refractivity contribution in [2.45, 2.75) is 6.92 Å². The number of thiocarbonyl (C=S) groups is 1. The van der Waals surface area contributed by atoms with E-state index < -0.39 is 0 Å². The number of nitrogens with one attached hydrogen (secondary N) is 2. The van der Waals surface area contributed by atoms with Gasteiger partial charge in [-0.15, -0.1) is 0 Å². The minimum absolute atomic E-state index is 0.500. The van der Waals surface area contributed by atoms with Crippen LogP contribution in [0.25, 0.3) is 0 Å². The maximum atomic E-state index is 5.19. The van der Waals surface area contributed by atoms with Crippen LogP contribution in [0.15, 0.2) is 18.5 Å². The minimum Gasteiger partial charge on any atom is -0.330 e. The molecule has 17 heavy (non-hydrogen) atoms. The second-order valence-corrected chi connectivity index (χ2v) is 4.13. The van der Waals surface area contributed by atoms with Crippen molar-refractivity contribution in [2.75, 3.05) is 10.6 Å². The Hall–Kier alpha value is -1.89. The number of anilines is 2. The van der Waals surface area contributed by atoms with Crippen molar-refractivity contribution in [3.63, 3.8) is 0 Å². The first kappa shape index (κ1) is 11.6. The zero-order valence-electron chi connectivity index (χ0n) is 9.93. The Morgan fingerprint density at radius 2 is 2.12 bits per heavy atom. The van der Waals surface area contributed by atoms with Crippen molar-refractivity contribution >= 4 is 28.8 Å². The molecule has 0 aliphatic heterocycles. The maximum Gasteiger partial charge on any atom is 0.176 e. The maximum absolute atomic E-state index is 5.19. The molecule has 0 atom stereocenters. The third-order valence-corrected chi connectivity index (χ3v) is 2.64. The molecule has 2 aromatic heterocycles. The van der Waals surface area contributed by atoms with Crippen molar-refractivity contribution in [2.24, 2.45) is 14.1 Å². The van der Waals surface area contributed by atoms with E-state index in [1.165, 1.54) is 0 Å². The van der Waals surface area contributed by atoms with E-state index in [0.717, 1.165) is 11.4 Å². The van der Waals surface area contributed by atoms with Crippen LogP contribution >= 0.6 is 12.2 Å². The normalized spacial score (nSPS) is 10.3. The van der Waals surface area contributed by atoms with E-state index in [-0.39, 0.29) is 0 Å². The number of aryl methyl sites for hydroxylation is 2. The van der Waals surface area contributed by atoms with E-state index in [9.17, 15) is 0 Å². The van der Waals surface area contributed by atoms with Gasteiger partial charge in [-0.1, -0.05) is 0 Å². The fourth-order valence-electron chi connectivity index (χ4n) is 1.37. The second kappa shape index (κ2) is 4.54. The summed E-state index contributed by atoms with van der Waals surface area (Å²) in [5.41, 5.74) is 1.91. The fraction of sp³-hybridized carbons (Fsp3) is 0.300. The summed E-state index contributed by atoms with van der Waals surface area (Å²) in [5.74, 6) is 0.714. The van der Waals surface area contributed by atoms with Crippen LogP contribution in [0.5, 0.6) is 0 Å². The average Bonchev–Trinajstić information content (AvgIpc) is 2.79. The summed E-state index contributed by atoms with van der Waals surface area (Å²) in [5, 5.41) is 14.9. The lowest BCUT2D eigenvalue weighted by molar-refractivity contribution is 0.740. The molecular formula is C10H14N6S. The molecule has 6 nitrogen and oxygen atoms in total. The van der Waals surface area contributed by atoms with Gasteiger partial charge in [-0.2, -0.15) is 10.2 Å². The highest BCUT2D eigenvalue weighted by atomic mass is 32.1. The zero-order valence-corrected chi connectivity index (χ0v) is 10.7. The van der Waals surface area contributed by atoms with E-state index in [1.54, 1.807) is 15.6 Å². The topological polar surface area (TPSA) is 59.7 Å². The van der Waals surface area contributed by atoms with Crippen molar-refractivity contribution in [3.05, 3.63) is 24.2 Å². The molecule has 0 fully saturated rings. The molecule has 0 amide bonds. The lowest BCUT2D eigenvalue weighted by Crippen LogP contribution is -2.19. The highest BCUT2D eigenvalue weighted by Crippen LogP contribution is 2.12. The van der Waals surface area contributed by atoms with Gasteiger partial charge in [0.15, 0.2) is 10.9 Å². The number of hydrogen-bond acceptors (Lipinski definition) is 3. The third-order valence-electron chi connectivity index (χ3n) is 2.44. The first-order chi connectivity index (χ1) is 8.06. The minimum atomic E-state index is 0.500. The summed E-state index contributed by atoms with van der Waals surface area (Å²) in [7, 11) is 3.74. The van der Waals surface area contributed by atoms with Crippen LogP contribution in [-0.4, -0.2) is 24.7 Å². The van der Waals surface area contributed by atoms with Crippen LogP contribution in [-0.2, 0) is 14.1 Å². The Labute approximate surface area is 105 Å². The zero-order chi connectivity index (χ0) is 12.4. The molecule has 0 saturated heterocycles. The van der Waals surface area contributed by atoms with Gasteiger partial charge in [-0.25, -0.2) is 0 Å². The van der Waals surface area contributed by atoms with E-state index in [2.05, 4.69) is 20.8 Å². The van der Waals surface area contributed by atoms with Gasteiger partial charge in [0.05, 0.1) is 17.6 Å². The molecule has 0 bridgehead atoms. The largest absolute Gasteiger partial charge is 0.330 e. The summed E-state index contributed by atoms with van der Waals surface area (Å²) >= 11 is 5.19. The molecule has 2 N–H and O–H groups in total. The average molecular weight is 250 g/mol. The van der Waals surface area contributed by atoms with Crippen LogP contribution in [0.1, 0.15) is 5.69 Å². The van der Waals surface area contributed by atoms with Gasteiger partial charge >= 0.3 is 0 Å². The Morgan fingerprint density at radius 1 is 1.35 bits per heavy atom. The lowest BCUT2D eigenvalue weighted by atomic mass is 10.4. The lowest BCUT2D eigenvalue weighted by Gasteiger charge is -2.07. The molecule has 0 aliphatic carbocycles. The Kier molecular flexibility index (Phi) is 3.10. The summed E-state index contributed by atoms with van der Waals surface area (Å²) in [6.45, 7) is 1.97. The van der Waals surface area contributed by atoms with E-state index in [0.29, 0.717) is 10.9 Å². The molecule has 0 aromatic carbocycles. The third kappa shape index (κ3) is 2.62. The second-order valence-electron chi connectivity index (χ2n) is 3.72. The predicted octanol–water partition coefficient (Wildman–Crippen LogP) is 1.27. The van der Waals surface area contributed by atoms with Crippen LogP contribution in [0, 0.1) is 6.92 Å². The van der Waals surface area contributed by atoms with Crippen molar-refractivity contribution < 1.29 is 0 Å². The number of aromatic nitrogens is 4. The molecular weight excluding hydrogens is 236 g/mol. The summed E-state index contributed by atoms with van der Waals surface area (Å²) in [6, 6.07) is 1.85. The molecule has 7 heteroatoms. The van der Waals surface area contributed by atoms with E-state index >= 15 is 0 Å². The van der Waals surface area contributed by atoms with Gasteiger partial charge in [0.2, 0.25) is 0 Å². The Bertz CT molecular complexity index is 541. The molecule has 2 rings (SSSR count). The summed E-state index contributed by atoms with van der Waals surface area (Å²) < 4.78 is 3.49. The molecule has 0 unspecified atom stereocenters. The molecule has 0 radical (unpaired) electrons. The van der Waals surface area contributed by atoms with Crippen LogP contribution < -0.4 is 10.6 Å². The fourth-order valence-corrected chi connectivity index (χ4v) is 1.59. The summed E-state index contributed by atoms with van der Waals surface area (Å²) in [6.07, 6.45) is 3.59. The standard InChI is InChI=1S/C10H14N6S/c1-7-8(6-11-16(7)3)12-10(17)13-9-4-5-15(2)14-9/h4-6H,1-3H3,(H2,12,13,14,17). The van der Waals surface area contributed by atoms with Gasteiger partial charge in [-0.3, -0.25) is 9.36 Å². The summed E-state index contributed by atoms with van der Waals surface area (Å²) in [4.78, 5) is 0. The van der Waals surface area contributed by atoms with Crippen LogP contribution in [0.2, 0.25) is 0 Å². The highest BCUT2D eigenvalue weighted by Gasteiger charge is 2.06. The van der Waals surface area contributed by atoms with Gasteiger partial charge < -0.3 is 10.6 Å². The smallest absolute Gasteiger partial charge is 0.176 e. The SMILES string of the molecule is Cc1c(NC(=S)Nc2ccn(C)n2)cnn1C. The number of hydrogen-bond donors (Lipinski definition) is 2. The van der Waals surface area contributed by atoms with Crippen LogP contribution in [0.4, 0.5) is 11.5 Å². The number of nitrogens with zero attached hydrogens (tertiary/aromatic N) is 4. The molecule has 0 aliphatic rings. The quantitative estimate of drug-likeness (QED) is 0.786. The van der Waals surface area contributed by atoms with Gasteiger partial charge in [0.25, 0.3) is 0 Å². The van der Waals surface area contributed by atoms with Gasteiger partial charge in [-0.05, 0) is 19.1 Å². The number of rotatable bonds is 2. The first-order valence-corrected chi connectivity index (χ1v) is 5.53. The highest BCUT2D eigenvalue weighted by molar-refractivity contribution is 7.80. The Morgan fingerprint density at radius 3 is 2.65 bits per heavy atom. The van der Waals surface area contributed by atoms with Gasteiger partial charge in [0.1, 0.15) is 0 Å². The van der Waals surface area contributed by atoms with Gasteiger partial charge in [0, 0.05) is 26.4 Å². The molecule has 0 saturated carbocycles. The van der Waals surface area contributed by atoms with E-state index in [1.807, 2.05) is 33.3 Å². The molecule has 2 heterocycles. The molecule has 90 valence electrons. The van der Waals surface area contributed by atoms with Crippen molar-refractivity contribution in [3.8, 4) is 0 Å². The monoisotopic (exact) mass is 250 g/mol. The molecule has 2 aromatic rings. The van der Waals surface area contributed by atoms with E-state index in [4.69, 9.17) is 12.2 Å². The molecule has 0 spiro atoms. The predicted molar refractivity (Wildman–Crippen MR) is 71.0 cm³/mol. The van der Waals surface area contributed by atoms with Crippen LogP contribution in [0.3, 0.4) is 0 Å². The first-order valence-electron chi connectivity index (χ1n) is 5.12. The van der Waals surface area contributed by atoms with Crippen molar-refractivity contribution in [1.29, 1.82) is 0 Å².